The van der Waals surface area contributed by atoms with E-state index >= 15 is 0 Å². The van der Waals surface area contributed by atoms with E-state index in [0.717, 1.165) is 13.1 Å². The Bertz CT molecular complexity index is 159. The summed E-state index contributed by atoms with van der Waals surface area (Å²) >= 11 is 0. The largest absolute Gasteiger partial charge is 0.370 e. The second kappa shape index (κ2) is 3.30. The van der Waals surface area contributed by atoms with Gasteiger partial charge in [0.15, 0.2) is 0 Å². The maximum atomic E-state index is 3.28. The van der Waals surface area contributed by atoms with Gasteiger partial charge in [-0.05, 0) is 6.92 Å². The lowest BCUT2D eigenvalue weighted by molar-refractivity contribution is 0.473. The lowest BCUT2D eigenvalue weighted by Crippen LogP contribution is -2.16. The van der Waals surface area contributed by atoms with Crippen molar-refractivity contribution in [3.8, 4) is 0 Å². The fourth-order valence-electron chi connectivity index (χ4n) is 0.953. The molecular formula is C8H14N2. The van der Waals surface area contributed by atoms with Crippen molar-refractivity contribution in [1.82, 2.24) is 10.2 Å². The maximum Gasteiger partial charge on any atom is 0.0866 e. The van der Waals surface area contributed by atoms with Crippen LogP contribution in [-0.2, 0) is 0 Å². The topological polar surface area (TPSA) is 15.3 Å². The Morgan fingerprint density at radius 3 is 3.10 bits per heavy atom. The zero-order valence-electron chi connectivity index (χ0n) is 6.59. The highest BCUT2D eigenvalue weighted by molar-refractivity contribution is 5.08. The highest BCUT2D eigenvalue weighted by Gasteiger charge is 2.03. The molecule has 1 heterocycles. The van der Waals surface area contributed by atoms with Crippen molar-refractivity contribution >= 4 is 0 Å². The minimum absolute atomic E-state index is 0.951. The van der Waals surface area contributed by atoms with Gasteiger partial charge in [-0.3, -0.25) is 0 Å². The molecule has 1 rings (SSSR count). The number of hydrogen-bond donors (Lipinski definition) is 1. The van der Waals surface area contributed by atoms with E-state index in [0.29, 0.717) is 0 Å². The summed E-state index contributed by atoms with van der Waals surface area (Å²) in [5.74, 6) is 0. The SMILES string of the molecule is C/C=C\CC1=CN(C)CN1. The summed E-state index contributed by atoms with van der Waals surface area (Å²) in [6.45, 7) is 2.99. The fraction of sp³-hybridized carbons (Fsp3) is 0.500. The number of nitrogens with one attached hydrogen (secondary N) is 1. The minimum atomic E-state index is 0.951. The first-order valence-corrected chi connectivity index (χ1v) is 3.59. The average Bonchev–Trinajstić information content (AvgIpc) is 2.31. The standard InChI is InChI=1S/C8H14N2/c1-3-4-5-8-6-10(2)7-9-8/h3-4,6,9H,5,7H2,1-2H3/b4-3-. The van der Waals surface area contributed by atoms with Crippen molar-refractivity contribution in [1.29, 1.82) is 0 Å². The first-order chi connectivity index (χ1) is 4.83. The Labute approximate surface area is 62.2 Å². The molecule has 0 aromatic carbocycles. The second-order valence-electron chi connectivity index (χ2n) is 2.52. The average molecular weight is 138 g/mol. The molecule has 0 saturated heterocycles. The molecule has 0 aromatic heterocycles. The van der Waals surface area contributed by atoms with Gasteiger partial charge in [-0.15, -0.1) is 0 Å². The Hall–Kier alpha value is -0.920. The van der Waals surface area contributed by atoms with Gasteiger partial charge in [-0.1, -0.05) is 12.2 Å². The molecule has 0 fully saturated rings. The number of rotatable bonds is 2. The Morgan fingerprint density at radius 1 is 1.80 bits per heavy atom. The summed E-state index contributed by atoms with van der Waals surface area (Å²) in [5, 5.41) is 3.28. The number of nitrogens with zero attached hydrogens (tertiary/aromatic N) is 1. The molecular weight excluding hydrogens is 124 g/mol. The van der Waals surface area contributed by atoms with Crippen molar-refractivity contribution in [2.45, 2.75) is 13.3 Å². The van der Waals surface area contributed by atoms with E-state index in [1.54, 1.807) is 0 Å². The van der Waals surface area contributed by atoms with Gasteiger partial charge in [0.25, 0.3) is 0 Å². The second-order valence-corrected chi connectivity index (χ2v) is 2.52. The third kappa shape index (κ3) is 1.79. The van der Waals surface area contributed by atoms with E-state index in [1.807, 2.05) is 6.92 Å². The van der Waals surface area contributed by atoms with E-state index in [1.165, 1.54) is 5.70 Å². The van der Waals surface area contributed by atoms with Gasteiger partial charge in [0.2, 0.25) is 0 Å². The molecule has 1 N–H and O–H groups in total. The molecule has 0 spiro atoms. The summed E-state index contributed by atoms with van der Waals surface area (Å²) in [6, 6.07) is 0. The molecule has 0 aliphatic carbocycles. The predicted octanol–water partition coefficient (Wildman–Crippen LogP) is 1.29. The molecule has 2 nitrogen and oxygen atoms in total. The van der Waals surface area contributed by atoms with Crippen LogP contribution in [0.25, 0.3) is 0 Å². The third-order valence-electron chi connectivity index (χ3n) is 1.51. The van der Waals surface area contributed by atoms with Gasteiger partial charge in [0.1, 0.15) is 0 Å². The Balaban J connectivity index is 2.35. The zero-order valence-corrected chi connectivity index (χ0v) is 6.59. The summed E-state index contributed by atoms with van der Waals surface area (Å²) in [5.41, 5.74) is 1.31. The van der Waals surface area contributed by atoms with Crippen molar-refractivity contribution in [2.75, 3.05) is 13.7 Å². The molecule has 0 radical (unpaired) electrons. The first-order valence-electron chi connectivity index (χ1n) is 3.59. The van der Waals surface area contributed by atoms with Crippen LogP contribution in [0, 0.1) is 0 Å². The van der Waals surface area contributed by atoms with Crippen LogP contribution < -0.4 is 5.32 Å². The Morgan fingerprint density at radius 2 is 2.60 bits per heavy atom. The molecule has 0 amide bonds. The molecule has 1 aliphatic heterocycles. The monoisotopic (exact) mass is 138 g/mol. The van der Waals surface area contributed by atoms with Crippen LogP contribution in [0.1, 0.15) is 13.3 Å². The highest BCUT2D eigenvalue weighted by atomic mass is 15.2. The smallest absolute Gasteiger partial charge is 0.0866 e. The molecule has 0 saturated carbocycles. The number of allylic oxidation sites excluding steroid dienone is 2. The van der Waals surface area contributed by atoms with Crippen LogP contribution in [0.5, 0.6) is 0 Å². The molecule has 0 unspecified atom stereocenters. The first kappa shape index (κ1) is 7.19. The predicted molar refractivity (Wildman–Crippen MR) is 43.3 cm³/mol. The van der Waals surface area contributed by atoms with Crippen LogP contribution in [0.3, 0.4) is 0 Å². The summed E-state index contributed by atoms with van der Waals surface area (Å²) in [6.07, 6.45) is 7.39. The third-order valence-corrected chi connectivity index (χ3v) is 1.51. The molecule has 0 atom stereocenters. The van der Waals surface area contributed by atoms with Gasteiger partial charge < -0.3 is 10.2 Å². The lowest BCUT2D eigenvalue weighted by atomic mass is 10.3. The summed E-state index contributed by atoms with van der Waals surface area (Å²) in [4.78, 5) is 2.14. The van der Waals surface area contributed by atoms with Gasteiger partial charge in [-0.25, -0.2) is 0 Å². The fourth-order valence-corrected chi connectivity index (χ4v) is 0.953. The highest BCUT2D eigenvalue weighted by Crippen LogP contribution is 2.05. The van der Waals surface area contributed by atoms with Gasteiger partial charge in [0.05, 0.1) is 6.67 Å². The Kier molecular flexibility index (Phi) is 2.37. The van der Waals surface area contributed by atoms with Crippen LogP contribution in [-0.4, -0.2) is 18.6 Å². The normalized spacial score (nSPS) is 17.8. The molecule has 2 heteroatoms. The molecule has 10 heavy (non-hydrogen) atoms. The van der Waals surface area contributed by atoms with Gasteiger partial charge in [0, 0.05) is 25.4 Å². The summed E-state index contributed by atoms with van der Waals surface area (Å²) < 4.78 is 0. The van der Waals surface area contributed by atoms with Crippen molar-refractivity contribution in [3.63, 3.8) is 0 Å². The minimum Gasteiger partial charge on any atom is -0.370 e. The van der Waals surface area contributed by atoms with E-state index in [-0.39, 0.29) is 0 Å². The van der Waals surface area contributed by atoms with Crippen LogP contribution in [0.2, 0.25) is 0 Å². The van der Waals surface area contributed by atoms with E-state index in [4.69, 9.17) is 0 Å². The van der Waals surface area contributed by atoms with Gasteiger partial charge >= 0.3 is 0 Å². The van der Waals surface area contributed by atoms with Gasteiger partial charge in [-0.2, -0.15) is 0 Å². The van der Waals surface area contributed by atoms with Crippen molar-refractivity contribution in [3.05, 3.63) is 24.0 Å². The molecule has 56 valence electrons. The summed E-state index contributed by atoms with van der Waals surface area (Å²) in [7, 11) is 2.07. The lowest BCUT2D eigenvalue weighted by Gasteiger charge is -2.02. The van der Waals surface area contributed by atoms with Crippen molar-refractivity contribution < 1.29 is 0 Å². The van der Waals surface area contributed by atoms with Crippen LogP contribution >= 0.6 is 0 Å². The molecule has 0 bridgehead atoms. The molecule has 1 aliphatic rings. The number of hydrogen-bond acceptors (Lipinski definition) is 2. The van der Waals surface area contributed by atoms with Crippen LogP contribution in [0.4, 0.5) is 0 Å². The quantitative estimate of drug-likeness (QED) is 0.578. The van der Waals surface area contributed by atoms with E-state index < -0.39 is 0 Å². The maximum absolute atomic E-state index is 3.28. The van der Waals surface area contributed by atoms with Crippen LogP contribution in [0.15, 0.2) is 24.0 Å². The molecule has 0 aromatic rings. The zero-order chi connectivity index (χ0) is 7.40. The van der Waals surface area contributed by atoms with Crippen molar-refractivity contribution in [2.24, 2.45) is 0 Å². The van der Waals surface area contributed by atoms with E-state index in [9.17, 15) is 0 Å². The van der Waals surface area contributed by atoms with E-state index in [2.05, 4.69) is 35.6 Å².